The van der Waals surface area contributed by atoms with Crippen LogP contribution in [0.5, 0.6) is 11.5 Å². The number of hydrogen-bond acceptors (Lipinski definition) is 7. The van der Waals surface area contributed by atoms with Gasteiger partial charge in [-0.2, -0.15) is 4.39 Å². The second-order valence-electron chi connectivity index (χ2n) is 8.01. The zero-order valence-corrected chi connectivity index (χ0v) is 17.6. The number of benzene rings is 1. The van der Waals surface area contributed by atoms with Crippen LogP contribution in [-0.4, -0.2) is 27.6 Å². The predicted molar refractivity (Wildman–Crippen MR) is 120 cm³/mol. The first kappa shape index (κ1) is 19.4. The minimum Gasteiger partial charge on any atom is -0.462 e. The summed E-state index contributed by atoms with van der Waals surface area (Å²) in [5.41, 5.74) is 10.1. The number of hydrogen-bond donors (Lipinski definition) is 1. The van der Waals surface area contributed by atoms with Gasteiger partial charge in [-0.05, 0) is 55.0 Å². The molecule has 3 aromatic heterocycles. The Kier molecular flexibility index (Phi) is 4.16. The van der Waals surface area contributed by atoms with Gasteiger partial charge in [0.25, 0.3) is 6.02 Å². The first-order valence-electron chi connectivity index (χ1n) is 10.4. The third-order valence-electron chi connectivity index (χ3n) is 5.97. The number of pyridine rings is 3. The number of amidine groups is 1. The van der Waals surface area contributed by atoms with Crippen LogP contribution < -0.4 is 10.5 Å². The molecule has 0 aliphatic carbocycles. The molecule has 0 saturated carbocycles. The van der Waals surface area contributed by atoms with E-state index < -0.39 is 11.5 Å². The lowest BCUT2D eigenvalue weighted by Gasteiger charge is -2.33. The highest BCUT2D eigenvalue weighted by atomic mass is 19.1. The highest BCUT2D eigenvalue weighted by Crippen LogP contribution is 2.52. The fraction of sp³-hybridized carbons (Fsp3) is 0.120. The molecule has 2 aliphatic heterocycles. The minimum absolute atomic E-state index is 0.0853. The molecule has 0 amide bonds. The van der Waals surface area contributed by atoms with E-state index in [1.165, 1.54) is 6.20 Å². The van der Waals surface area contributed by atoms with Crippen LogP contribution in [-0.2, 0) is 10.3 Å². The van der Waals surface area contributed by atoms with Crippen molar-refractivity contribution in [2.75, 3.05) is 6.61 Å². The summed E-state index contributed by atoms with van der Waals surface area (Å²) in [7, 11) is 0. The summed E-state index contributed by atoms with van der Waals surface area (Å²) in [6.07, 6.45) is 4.87. The van der Waals surface area contributed by atoms with Gasteiger partial charge < -0.3 is 15.2 Å². The highest BCUT2D eigenvalue weighted by Gasteiger charge is 2.47. The number of aromatic nitrogens is 3. The number of fused-ring (bicyclic) bond motifs is 4. The fourth-order valence-electron chi connectivity index (χ4n) is 4.31. The van der Waals surface area contributed by atoms with E-state index in [2.05, 4.69) is 15.0 Å². The van der Waals surface area contributed by atoms with Gasteiger partial charge in [-0.3, -0.25) is 9.97 Å². The van der Waals surface area contributed by atoms with Crippen LogP contribution in [0.4, 0.5) is 4.39 Å². The Morgan fingerprint density at radius 1 is 0.939 bits per heavy atom. The zero-order chi connectivity index (χ0) is 22.6. The summed E-state index contributed by atoms with van der Waals surface area (Å²) in [6.45, 7) is 2.12. The molecule has 1 aromatic carbocycles. The normalized spacial score (nSPS) is 18.2. The van der Waals surface area contributed by atoms with Crippen LogP contribution >= 0.6 is 0 Å². The molecule has 0 radical (unpaired) electrons. The highest BCUT2D eigenvalue weighted by molar-refractivity contribution is 5.78. The maximum Gasteiger partial charge on any atom is 0.283 e. The number of rotatable bonds is 2. The van der Waals surface area contributed by atoms with Crippen molar-refractivity contribution in [3.63, 3.8) is 0 Å². The van der Waals surface area contributed by atoms with Crippen LogP contribution in [0.25, 0.3) is 22.4 Å². The Morgan fingerprint density at radius 3 is 2.55 bits per heavy atom. The molecule has 1 atom stereocenters. The van der Waals surface area contributed by atoms with E-state index >= 15 is 0 Å². The van der Waals surface area contributed by atoms with Gasteiger partial charge in [-0.15, -0.1) is 0 Å². The average molecular weight is 439 g/mol. The molecule has 0 unspecified atom stereocenters. The molecule has 5 heterocycles. The maximum absolute atomic E-state index is 14.4. The number of ether oxygens (including phenoxy) is 2. The molecule has 4 aromatic rings. The van der Waals surface area contributed by atoms with Crippen molar-refractivity contribution in [3.8, 4) is 33.9 Å². The van der Waals surface area contributed by atoms with E-state index in [-0.39, 0.29) is 12.6 Å². The molecule has 2 N–H and O–H groups in total. The molecule has 2 aliphatic rings. The quantitative estimate of drug-likeness (QED) is 0.467. The Morgan fingerprint density at radius 2 is 1.79 bits per heavy atom. The Bertz CT molecular complexity index is 1440. The summed E-state index contributed by atoms with van der Waals surface area (Å²) in [6, 6.07) is 14.7. The number of halogens is 1. The Balaban J connectivity index is 1.55. The molecule has 162 valence electrons. The second kappa shape index (κ2) is 7.09. The number of nitrogens with two attached hydrogens (primary N) is 1. The van der Waals surface area contributed by atoms with E-state index in [0.29, 0.717) is 22.6 Å². The SMILES string of the molecule is Cc1ccc(-c2cc3c(cn2)Oc2ccc(-c4cccnc4F)cc2[C@@]32COC(N)=N2)cn1. The summed E-state index contributed by atoms with van der Waals surface area (Å²) < 4.78 is 26.2. The fourth-order valence-corrected chi connectivity index (χ4v) is 4.31. The summed E-state index contributed by atoms with van der Waals surface area (Å²) in [5.74, 6) is 0.602. The molecular formula is C25H18FN5O2. The molecule has 33 heavy (non-hydrogen) atoms. The van der Waals surface area contributed by atoms with Crippen LogP contribution in [0.2, 0.25) is 0 Å². The van der Waals surface area contributed by atoms with Gasteiger partial charge in [0.1, 0.15) is 12.4 Å². The Hall–Kier alpha value is -4.33. The van der Waals surface area contributed by atoms with Crippen molar-refractivity contribution in [3.05, 3.63) is 89.9 Å². The van der Waals surface area contributed by atoms with Crippen molar-refractivity contribution >= 4 is 6.02 Å². The smallest absolute Gasteiger partial charge is 0.283 e. The van der Waals surface area contributed by atoms with Crippen molar-refractivity contribution in [1.82, 2.24) is 15.0 Å². The van der Waals surface area contributed by atoms with Crippen molar-refractivity contribution in [2.45, 2.75) is 12.5 Å². The van der Waals surface area contributed by atoms with Crippen molar-refractivity contribution < 1.29 is 13.9 Å². The first-order valence-corrected chi connectivity index (χ1v) is 10.4. The van der Waals surface area contributed by atoms with Gasteiger partial charge in [0.2, 0.25) is 5.95 Å². The predicted octanol–water partition coefficient (Wildman–Crippen LogP) is 4.35. The molecule has 1 spiro atoms. The van der Waals surface area contributed by atoms with Crippen LogP contribution in [0.1, 0.15) is 16.8 Å². The summed E-state index contributed by atoms with van der Waals surface area (Å²) in [4.78, 5) is 17.4. The van der Waals surface area contributed by atoms with Gasteiger partial charge in [-0.1, -0.05) is 6.07 Å². The second-order valence-corrected chi connectivity index (χ2v) is 8.01. The van der Waals surface area contributed by atoms with Crippen LogP contribution in [0.15, 0.2) is 72.1 Å². The van der Waals surface area contributed by atoms with Crippen LogP contribution in [0, 0.1) is 12.9 Å². The average Bonchev–Trinajstić information content (AvgIpc) is 3.22. The van der Waals surface area contributed by atoms with E-state index in [1.807, 2.05) is 31.2 Å². The first-order chi connectivity index (χ1) is 16.0. The van der Waals surface area contributed by atoms with Gasteiger partial charge in [0.05, 0.1) is 11.9 Å². The van der Waals surface area contributed by atoms with E-state index in [1.54, 1.807) is 36.7 Å². The molecule has 7 nitrogen and oxygen atoms in total. The van der Waals surface area contributed by atoms with Gasteiger partial charge >= 0.3 is 0 Å². The van der Waals surface area contributed by atoms with Gasteiger partial charge in [0, 0.05) is 40.3 Å². The molecule has 0 fully saturated rings. The van der Waals surface area contributed by atoms with Gasteiger partial charge in [-0.25, -0.2) is 9.98 Å². The number of aliphatic imine (C=N–C) groups is 1. The molecule has 0 saturated heterocycles. The minimum atomic E-state index is -0.947. The van der Waals surface area contributed by atoms with Gasteiger partial charge in [0.15, 0.2) is 11.3 Å². The Labute approximate surface area is 188 Å². The third kappa shape index (κ3) is 3.02. The third-order valence-corrected chi connectivity index (χ3v) is 5.97. The molecular weight excluding hydrogens is 421 g/mol. The monoisotopic (exact) mass is 439 g/mol. The van der Waals surface area contributed by atoms with Crippen molar-refractivity contribution in [2.24, 2.45) is 10.7 Å². The topological polar surface area (TPSA) is 95.5 Å². The largest absolute Gasteiger partial charge is 0.462 e. The lowest BCUT2D eigenvalue weighted by atomic mass is 9.80. The van der Waals surface area contributed by atoms with Crippen molar-refractivity contribution in [1.29, 1.82) is 0 Å². The van der Waals surface area contributed by atoms with E-state index in [9.17, 15) is 4.39 Å². The lowest BCUT2D eigenvalue weighted by molar-refractivity contribution is 0.264. The zero-order valence-electron chi connectivity index (χ0n) is 17.6. The summed E-state index contributed by atoms with van der Waals surface area (Å²) in [5, 5.41) is 0. The molecule has 8 heteroatoms. The van der Waals surface area contributed by atoms with Crippen LogP contribution in [0.3, 0.4) is 0 Å². The lowest BCUT2D eigenvalue weighted by Crippen LogP contribution is -2.31. The summed E-state index contributed by atoms with van der Waals surface area (Å²) >= 11 is 0. The molecule has 6 rings (SSSR count). The standard InChI is InChI=1S/C25H18FN5O2/c1-14-4-5-16(11-29-14)20-10-19-22(12-30-20)33-21-7-6-15(17-3-2-8-28-23(17)26)9-18(21)25(19)13-32-24(27)31-25/h2-12H,13H2,1H3,(H2,27,31)/t25-/m0/s1. The number of aryl methyl sites for hydroxylation is 1. The molecule has 0 bridgehead atoms. The number of nitrogens with zero attached hydrogens (tertiary/aromatic N) is 4. The maximum atomic E-state index is 14.4. The van der Waals surface area contributed by atoms with E-state index in [4.69, 9.17) is 20.2 Å². The van der Waals surface area contributed by atoms with E-state index in [0.717, 1.165) is 28.1 Å².